The Morgan fingerprint density at radius 1 is 1.04 bits per heavy atom. The predicted molar refractivity (Wildman–Crippen MR) is 97.6 cm³/mol. The largest absolute Gasteiger partial charge is 0.425 e. The maximum atomic E-state index is 12.6. The van der Waals surface area contributed by atoms with Crippen molar-refractivity contribution in [1.29, 1.82) is 0 Å². The van der Waals surface area contributed by atoms with Crippen LogP contribution in [0.15, 0.2) is 41.3 Å². The third-order valence-corrected chi connectivity index (χ3v) is 5.93. The van der Waals surface area contributed by atoms with Gasteiger partial charge in [0.05, 0.1) is 4.90 Å². The third kappa shape index (κ3) is 4.60. The van der Waals surface area contributed by atoms with Gasteiger partial charge in [0.1, 0.15) is 12.3 Å². The lowest BCUT2D eigenvalue weighted by atomic mass is 10.1. The fraction of sp³-hybridized carbons (Fsp3) is 0.278. The van der Waals surface area contributed by atoms with Crippen molar-refractivity contribution in [2.45, 2.75) is 25.7 Å². The summed E-state index contributed by atoms with van der Waals surface area (Å²) in [6, 6.07) is 9.71. The Bertz CT molecular complexity index is 909. The number of benzene rings is 2. The molecule has 5 nitrogen and oxygen atoms in total. The molecule has 25 heavy (non-hydrogen) atoms. The minimum atomic E-state index is -3.77. The molecule has 134 valence electrons. The van der Waals surface area contributed by atoms with Gasteiger partial charge in [-0.1, -0.05) is 17.7 Å². The highest BCUT2D eigenvalue weighted by atomic mass is 35.5. The van der Waals surface area contributed by atoms with Crippen molar-refractivity contribution in [1.82, 2.24) is 4.31 Å². The fourth-order valence-electron chi connectivity index (χ4n) is 2.20. The highest BCUT2D eigenvalue weighted by Crippen LogP contribution is 2.22. The van der Waals surface area contributed by atoms with Crippen LogP contribution >= 0.6 is 11.6 Å². The molecule has 0 radical (unpaired) electrons. The van der Waals surface area contributed by atoms with E-state index in [1.165, 1.54) is 13.1 Å². The number of sulfonamides is 1. The molecule has 2 rings (SSSR count). The summed E-state index contributed by atoms with van der Waals surface area (Å²) in [6.07, 6.45) is 0. The maximum absolute atomic E-state index is 12.6. The number of nitrogens with zero attached hydrogens (tertiary/aromatic N) is 1. The first-order valence-electron chi connectivity index (χ1n) is 7.61. The van der Waals surface area contributed by atoms with E-state index in [2.05, 4.69) is 0 Å². The molecule has 0 saturated heterocycles. The Kier molecular flexibility index (Phi) is 5.87. The van der Waals surface area contributed by atoms with Gasteiger partial charge in [0.15, 0.2) is 0 Å². The van der Waals surface area contributed by atoms with Crippen LogP contribution in [-0.2, 0) is 14.8 Å². The van der Waals surface area contributed by atoms with Crippen molar-refractivity contribution in [3.8, 4) is 5.75 Å². The molecule has 0 fully saturated rings. The first-order chi connectivity index (χ1) is 11.6. The third-order valence-electron chi connectivity index (χ3n) is 3.90. The number of hydrogen-bond donors (Lipinski definition) is 0. The lowest BCUT2D eigenvalue weighted by Crippen LogP contribution is -2.34. The molecule has 0 unspecified atom stereocenters. The number of halogens is 1. The fourth-order valence-corrected chi connectivity index (χ4v) is 3.63. The lowest BCUT2D eigenvalue weighted by Gasteiger charge is -2.17. The lowest BCUT2D eigenvalue weighted by molar-refractivity contribution is -0.134. The summed E-state index contributed by atoms with van der Waals surface area (Å²) in [7, 11) is -2.42. The zero-order valence-corrected chi connectivity index (χ0v) is 16.1. The van der Waals surface area contributed by atoms with Crippen LogP contribution in [0.3, 0.4) is 0 Å². The van der Waals surface area contributed by atoms with Gasteiger partial charge in [0.2, 0.25) is 10.0 Å². The van der Waals surface area contributed by atoms with Crippen LogP contribution in [0.4, 0.5) is 0 Å². The van der Waals surface area contributed by atoms with E-state index in [9.17, 15) is 13.2 Å². The predicted octanol–water partition coefficient (Wildman–Crippen LogP) is 3.49. The van der Waals surface area contributed by atoms with Gasteiger partial charge in [0.25, 0.3) is 0 Å². The van der Waals surface area contributed by atoms with Crippen molar-refractivity contribution < 1.29 is 17.9 Å². The number of aryl methyl sites for hydroxylation is 3. The van der Waals surface area contributed by atoms with Crippen LogP contribution in [0.25, 0.3) is 0 Å². The van der Waals surface area contributed by atoms with Gasteiger partial charge in [-0.2, -0.15) is 4.31 Å². The molecule has 2 aromatic rings. The van der Waals surface area contributed by atoms with E-state index in [1.807, 2.05) is 13.8 Å². The summed E-state index contributed by atoms with van der Waals surface area (Å²) >= 11 is 5.86. The molecule has 0 atom stereocenters. The van der Waals surface area contributed by atoms with Gasteiger partial charge in [-0.3, -0.25) is 4.79 Å². The molecule has 0 bridgehead atoms. The first kappa shape index (κ1) is 19.4. The smallest absolute Gasteiger partial charge is 0.326 e. The summed E-state index contributed by atoms with van der Waals surface area (Å²) < 4.78 is 31.4. The topological polar surface area (TPSA) is 63.7 Å². The molecule has 0 heterocycles. The molecule has 7 heteroatoms. The molecule has 0 aliphatic carbocycles. The minimum absolute atomic E-state index is 0.147. The molecular formula is C18H20ClNO4S. The van der Waals surface area contributed by atoms with E-state index < -0.39 is 22.5 Å². The normalized spacial score (nSPS) is 11.6. The van der Waals surface area contributed by atoms with Gasteiger partial charge in [-0.05, 0) is 67.8 Å². The molecule has 0 N–H and O–H groups in total. The SMILES string of the molecule is Cc1ccc(S(=O)(=O)N(C)CC(=O)Oc2ccc(Cl)cc2C)cc1C. The van der Waals surface area contributed by atoms with E-state index >= 15 is 0 Å². The summed E-state index contributed by atoms with van der Waals surface area (Å²) in [5, 5.41) is 0.534. The van der Waals surface area contributed by atoms with E-state index in [1.54, 1.807) is 37.3 Å². The number of likely N-dealkylation sites (N-methyl/N-ethyl adjacent to an activating group) is 1. The van der Waals surface area contributed by atoms with Crippen molar-refractivity contribution in [2.24, 2.45) is 0 Å². The first-order valence-corrected chi connectivity index (χ1v) is 9.43. The number of carbonyl (C=O) groups is 1. The van der Waals surface area contributed by atoms with Crippen molar-refractivity contribution in [2.75, 3.05) is 13.6 Å². The molecule has 0 saturated carbocycles. The van der Waals surface area contributed by atoms with E-state index in [-0.39, 0.29) is 4.90 Å². The zero-order valence-electron chi connectivity index (χ0n) is 14.5. The van der Waals surface area contributed by atoms with Crippen molar-refractivity contribution >= 4 is 27.6 Å². The average Bonchev–Trinajstić information content (AvgIpc) is 2.52. The van der Waals surface area contributed by atoms with Gasteiger partial charge < -0.3 is 4.74 Å². The van der Waals surface area contributed by atoms with Gasteiger partial charge in [-0.25, -0.2) is 8.42 Å². The average molecular weight is 382 g/mol. The maximum Gasteiger partial charge on any atom is 0.326 e. The summed E-state index contributed by atoms with van der Waals surface area (Å²) in [4.78, 5) is 12.2. The molecule has 0 aromatic heterocycles. The Balaban J connectivity index is 2.13. The van der Waals surface area contributed by atoms with Crippen LogP contribution in [0.2, 0.25) is 5.02 Å². The summed E-state index contributed by atoms with van der Waals surface area (Å²) in [5.41, 5.74) is 2.56. The molecule has 0 amide bonds. The standard InChI is InChI=1S/C18H20ClNO4S/c1-12-5-7-16(10-13(12)2)25(22,23)20(4)11-18(21)24-17-8-6-15(19)9-14(17)3/h5-10H,11H2,1-4H3. The Morgan fingerprint density at radius 3 is 2.32 bits per heavy atom. The van der Waals surface area contributed by atoms with Crippen LogP contribution in [0.5, 0.6) is 5.75 Å². The minimum Gasteiger partial charge on any atom is -0.425 e. The second-order valence-corrected chi connectivity index (χ2v) is 8.37. The van der Waals surface area contributed by atoms with Crippen molar-refractivity contribution in [3.63, 3.8) is 0 Å². The zero-order chi connectivity index (χ0) is 18.8. The molecule has 0 aliphatic heterocycles. The Labute approximate surface area is 153 Å². The van der Waals surface area contributed by atoms with Crippen LogP contribution in [-0.4, -0.2) is 32.3 Å². The monoisotopic (exact) mass is 381 g/mol. The number of ether oxygens (including phenoxy) is 1. The van der Waals surface area contributed by atoms with Crippen molar-refractivity contribution in [3.05, 3.63) is 58.1 Å². The second-order valence-electron chi connectivity index (χ2n) is 5.89. The van der Waals surface area contributed by atoms with Gasteiger partial charge >= 0.3 is 5.97 Å². The van der Waals surface area contributed by atoms with Crippen LogP contribution in [0.1, 0.15) is 16.7 Å². The molecule has 2 aromatic carbocycles. The van der Waals surface area contributed by atoms with E-state index in [0.717, 1.165) is 15.4 Å². The number of rotatable bonds is 5. The number of hydrogen-bond acceptors (Lipinski definition) is 4. The molecular weight excluding hydrogens is 362 g/mol. The van der Waals surface area contributed by atoms with Crippen LogP contribution < -0.4 is 4.74 Å². The summed E-state index contributed by atoms with van der Waals surface area (Å²) in [5.74, 6) is -0.313. The molecule has 0 aliphatic rings. The quantitative estimate of drug-likeness (QED) is 0.587. The number of esters is 1. The second kappa shape index (κ2) is 7.56. The highest BCUT2D eigenvalue weighted by molar-refractivity contribution is 7.89. The van der Waals surface area contributed by atoms with Gasteiger partial charge in [-0.15, -0.1) is 0 Å². The van der Waals surface area contributed by atoms with Crippen LogP contribution in [0, 0.1) is 20.8 Å². The molecule has 0 spiro atoms. The van der Waals surface area contributed by atoms with Gasteiger partial charge in [0, 0.05) is 12.1 Å². The highest BCUT2D eigenvalue weighted by Gasteiger charge is 2.24. The Morgan fingerprint density at radius 2 is 1.72 bits per heavy atom. The Hall–Kier alpha value is -1.89. The number of carbonyl (C=O) groups excluding carboxylic acids is 1. The summed E-state index contributed by atoms with van der Waals surface area (Å²) in [6.45, 7) is 5.11. The van der Waals surface area contributed by atoms with E-state index in [4.69, 9.17) is 16.3 Å². The van der Waals surface area contributed by atoms with E-state index in [0.29, 0.717) is 16.3 Å².